The van der Waals surface area contributed by atoms with Crippen molar-refractivity contribution in [3.8, 4) is 0 Å². The second-order valence-electron chi connectivity index (χ2n) is 3.28. The van der Waals surface area contributed by atoms with Crippen molar-refractivity contribution in [3.63, 3.8) is 0 Å². The smallest absolute Gasteiger partial charge is 0.354 e. The van der Waals surface area contributed by atoms with E-state index >= 15 is 0 Å². The minimum atomic E-state index is -1.12. The van der Waals surface area contributed by atoms with Gasteiger partial charge in [-0.25, -0.2) is 14.8 Å². The number of rotatable bonds is 3. The van der Waals surface area contributed by atoms with E-state index in [0.717, 1.165) is 0 Å². The number of carbonyl (C=O) groups is 2. The molecule has 2 aromatic heterocycles. The Hall–Kier alpha value is -2.83. The summed E-state index contributed by atoms with van der Waals surface area (Å²) in [6.07, 6.45) is 5.45. The number of carboxylic acid groups (broad SMARTS) is 1. The number of aromatic nitrogens is 3. The van der Waals surface area contributed by atoms with Crippen LogP contribution in [0.25, 0.3) is 0 Å². The molecule has 2 rings (SSSR count). The number of carboxylic acids is 1. The van der Waals surface area contributed by atoms with Crippen LogP contribution in [0.3, 0.4) is 0 Å². The second-order valence-corrected chi connectivity index (χ2v) is 3.28. The number of aromatic carboxylic acids is 1. The summed E-state index contributed by atoms with van der Waals surface area (Å²) >= 11 is 0. The third-order valence-electron chi connectivity index (χ3n) is 2.04. The number of nitrogens with zero attached hydrogens (tertiary/aromatic N) is 3. The Kier molecular flexibility index (Phi) is 3.24. The molecule has 90 valence electrons. The lowest BCUT2D eigenvalue weighted by Crippen LogP contribution is -2.14. The molecule has 0 fully saturated rings. The molecule has 2 N–H and O–H groups in total. The van der Waals surface area contributed by atoms with Crippen molar-refractivity contribution >= 4 is 17.6 Å². The molecule has 0 radical (unpaired) electrons. The Morgan fingerprint density at radius 3 is 2.44 bits per heavy atom. The van der Waals surface area contributed by atoms with E-state index in [0.29, 0.717) is 5.69 Å². The first kappa shape index (κ1) is 11.6. The molecule has 0 unspecified atom stereocenters. The average molecular weight is 244 g/mol. The van der Waals surface area contributed by atoms with Crippen molar-refractivity contribution in [2.24, 2.45) is 0 Å². The van der Waals surface area contributed by atoms with Gasteiger partial charge in [-0.3, -0.25) is 9.78 Å². The van der Waals surface area contributed by atoms with E-state index in [2.05, 4.69) is 20.3 Å². The first-order valence-electron chi connectivity index (χ1n) is 4.93. The zero-order chi connectivity index (χ0) is 13.0. The lowest BCUT2D eigenvalue weighted by Gasteiger charge is -2.03. The van der Waals surface area contributed by atoms with Gasteiger partial charge in [0.25, 0.3) is 5.91 Å². The van der Waals surface area contributed by atoms with Crippen LogP contribution >= 0.6 is 0 Å². The summed E-state index contributed by atoms with van der Waals surface area (Å²) in [6, 6.07) is 2.75. The molecule has 0 atom stereocenters. The van der Waals surface area contributed by atoms with Crippen molar-refractivity contribution < 1.29 is 14.7 Å². The lowest BCUT2D eigenvalue weighted by atomic mass is 10.3. The van der Waals surface area contributed by atoms with Crippen molar-refractivity contribution in [1.82, 2.24) is 15.0 Å². The quantitative estimate of drug-likeness (QED) is 0.828. The molecular formula is C11H8N4O3. The van der Waals surface area contributed by atoms with Crippen LogP contribution in [0, 0.1) is 0 Å². The molecule has 0 spiro atoms. The fourth-order valence-electron chi connectivity index (χ4n) is 1.21. The van der Waals surface area contributed by atoms with Gasteiger partial charge in [-0.2, -0.15) is 0 Å². The zero-order valence-corrected chi connectivity index (χ0v) is 9.07. The van der Waals surface area contributed by atoms with E-state index in [1.165, 1.54) is 36.9 Å². The second kappa shape index (κ2) is 5.00. The van der Waals surface area contributed by atoms with Crippen LogP contribution in [-0.4, -0.2) is 31.9 Å². The van der Waals surface area contributed by atoms with E-state index < -0.39 is 11.9 Å². The van der Waals surface area contributed by atoms with Gasteiger partial charge in [0.1, 0.15) is 11.4 Å². The molecule has 7 nitrogen and oxygen atoms in total. The van der Waals surface area contributed by atoms with Crippen LogP contribution in [0.4, 0.5) is 5.69 Å². The molecule has 2 aromatic rings. The Bertz CT molecular complexity index is 569. The summed E-state index contributed by atoms with van der Waals surface area (Å²) < 4.78 is 0. The summed E-state index contributed by atoms with van der Waals surface area (Å²) in [7, 11) is 0. The molecule has 0 aliphatic rings. The predicted octanol–water partition coefficient (Wildman–Crippen LogP) is 0.822. The molecule has 0 saturated heterocycles. The van der Waals surface area contributed by atoms with Crippen LogP contribution in [0.15, 0.2) is 36.9 Å². The first-order chi connectivity index (χ1) is 8.66. The van der Waals surface area contributed by atoms with Crippen LogP contribution in [0.2, 0.25) is 0 Å². The normalized spacial score (nSPS) is 9.78. The standard InChI is InChI=1S/C11H8N4O3/c16-10(9-6-12-3-4-13-9)15-7-1-2-8(11(17)18)14-5-7/h1-6H,(H,15,16)(H,17,18). The summed E-state index contributed by atoms with van der Waals surface area (Å²) in [4.78, 5) is 33.5. The summed E-state index contributed by atoms with van der Waals surface area (Å²) in [5.74, 6) is -1.56. The Morgan fingerprint density at radius 1 is 1.06 bits per heavy atom. The van der Waals surface area contributed by atoms with Crippen molar-refractivity contribution in [1.29, 1.82) is 0 Å². The molecule has 0 aliphatic heterocycles. The van der Waals surface area contributed by atoms with E-state index in [-0.39, 0.29) is 11.4 Å². The molecule has 18 heavy (non-hydrogen) atoms. The number of hydrogen-bond donors (Lipinski definition) is 2. The minimum Gasteiger partial charge on any atom is -0.477 e. The fraction of sp³-hybridized carbons (Fsp3) is 0. The van der Waals surface area contributed by atoms with Gasteiger partial charge in [0.15, 0.2) is 0 Å². The number of nitrogens with one attached hydrogen (secondary N) is 1. The maximum absolute atomic E-state index is 11.7. The van der Waals surface area contributed by atoms with Crippen molar-refractivity contribution in [2.75, 3.05) is 5.32 Å². The highest BCUT2D eigenvalue weighted by Gasteiger charge is 2.08. The van der Waals surface area contributed by atoms with E-state index in [1.807, 2.05) is 0 Å². The van der Waals surface area contributed by atoms with E-state index in [1.54, 1.807) is 0 Å². The number of carbonyl (C=O) groups excluding carboxylic acids is 1. The molecule has 0 aliphatic carbocycles. The van der Waals surface area contributed by atoms with Gasteiger partial charge in [0.05, 0.1) is 18.1 Å². The maximum atomic E-state index is 11.7. The van der Waals surface area contributed by atoms with Crippen LogP contribution in [0.5, 0.6) is 0 Å². The first-order valence-corrected chi connectivity index (χ1v) is 4.93. The third kappa shape index (κ3) is 2.64. The number of amides is 1. The van der Waals surface area contributed by atoms with Gasteiger partial charge < -0.3 is 10.4 Å². The highest BCUT2D eigenvalue weighted by atomic mass is 16.4. The SMILES string of the molecule is O=C(O)c1ccc(NC(=O)c2cnccn2)cn1. The van der Waals surface area contributed by atoms with Gasteiger partial charge in [-0.15, -0.1) is 0 Å². The molecule has 0 saturated carbocycles. The van der Waals surface area contributed by atoms with Crippen LogP contribution < -0.4 is 5.32 Å². The zero-order valence-electron chi connectivity index (χ0n) is 9.07. The summed E-state index contributed by atoms with van der Waals surface area (Å²) in [5.41, 5.74) is 0.461. The number of hydrogen-bond acceptors (Lipinski definition) is 5. The van der Waals surface area contributed by atoms with Crippen LogP contribution in [-0.2, 0) is 0 Å². The van der Waals surface area contributed by atoms with Gasteiger partial charge in [0.2, 0.25) is 0 Å². The Labute approximate surface area is 102 Å². The molecule has 1 amide bonds. The van der Waals surface area contributed by atoms with Crippen molar-refractivity contribution in [2.45, 2.75) is 0 Å². The number of pyridine rings is 1. The molecule has 7 heteroatoms. The lowest BCUT2D eigenvalue weighted by molar-refractivity contribution is 0.0690. The van der Waals surface area contributed by atoms with Crippen molar-refractivity contribution in [3.05, 3.63) is 48.3 Å². The van der Waals surface area contributed by atoms with E-state index in [4.69, 9.17) is 5.11 Å². The minimum absolute atomic E-state index is 0.0903. The Morgan fingerprint density at radius 2 is 1.89 bits per heavy atom. The molecular weight excluding hydrogens is 236 g/mol. The Balaban J connectivity index is 2.10. The van der Waals surface area contributed by atoms with Gasteiger partial charge in [-0.1, -0.05) is 0 Å². The topological polar surface area (TPSA) is 105 Å². The predicted molar refractivity (Wildman–Crippen MR) is 61.2 cm³/mol. The van der Waals surface area contributed by atoms with Gasteiger partial charge >= 0.3 is 5.97 Å². The average Bonchev–Trinajstić information content (AvgIpc) is 2.40. The summed E-state index contributed by atoms with van der Waals surface area (Å²) in [6.45, 7) is 0. The van der Waals surface area contributed by atoms with Crippen LogP contribution in [0.1, 0.15) is 21.0 Å². The highest BCUT2D eigenvalue weighted by Crippen LogP contribution is 2.07. The highest BCUT2D eigenvalue weighted by molar-refractivity contribution is 6.02. The molecule has 0 bridgehead atoms. The molecule has 2 heterocycles. The van der Waals surface area contributed by atoms with Gasteiger partial charge in [0, 0.05) is 12.4 Å². The molecule has 0 aromatic carbocycles. The monoisotopic (exact) mass is 244 g/mol. The van der Waals surface area contributed by atoms with Gasteiger partial charge in [-0.05, 0) is 12.1 Å². The fourth-order valence-corrected chi connectivity index (χ4v) is 1.21. The number of anilines is 1. The summed E-state index contributed by atoms with van der Waals surface area (Å²) in [5, 5.41) is 11.2. The largest absolute Gasteiger partial charge is 0.477 e. The van der Waals surface area contributed by atoms with E-state index in [9.17, 15) is 9.59 Å². The third-order valence-corrected chi connectivity index (χ3v) is 2.04. The maximum Gasteiger partial charge on any atom is 0.354 e.